The van der Waals surface area contributed by atoms with Gasteiger partial charge in [0.05, 0.1) is 0 Å². The van der Waals surface area contributed by atoms with Crippen LogP contribution in [0.25, 0.3) is 0 Å². The SMILES string of the molecule is Cc1cn([C@H]2CC[C@@](F)(COP(=O)(O)OP(=O)(O)O)O2)c(=O)[nH]c1=S. The van der Waals surface area contributed by atoms with Crippen LogP contribution in [0.2, 0.25) is 0 Å². The van der Waals surface area contributed by atoms with E-state index in [4.69, 9.17) is 31.6 Å². The molecule has 3 atom stereocenters. The third-order valence-electron chi connectivity index (χ3n) is 3.22. The van der Waals surface area contributed by atoms with Crippen molar-refractivity contribution in [3.05, 3.63) is 26.9 Å². The Hall–Kier alpha value is -0.750. The fourth-order valence-corrected chi connectivity index (χ4v) is 3.90. The topological polar surface area (TPSA) is 160 Å². The number of H-pyrrole nitrogens is 1. The van der Waals surface area contributed by atoms with Gasteiger partial charge in [-0.25, -0.2) is 18.3 Å². The molecule has 0 aliphatic carbocycles. The van der Waals surface area contributed by atoms with Crippen molar-refractivity contribution in [2.45, 2.75) is 31.8 Å². The molecule has 0 bridgehead atoms. The van der Waals surface area contributed by atoms with Crippen molar-refractivity contribution < 1.29 is 41.8 Å². The van der Waals surface area contributed by atoms with Crippen LogP contribution < -0.4 is 5.69 Å². The molecular weight excluding hydrogens is 405 g/mol. The fraction of sp³-hybridized carbons (Fsp3) is 0.600. The molecule has 142 valence electrons. The van der Waals surface area contributed by atoms with E-state index in [1.54, 1.807) is 6.92 Å². The van der Waals surface area contributed by atoms with Crippen molar-refractivity contribution >= 4 is 27.9 Å². The van der Waals surface area contributed by atoms with Crippen LogP contribution in [-0.2, 0) is 22.7 Å². The smallest absolute Gasteiger partial charge is 0.320 e. The van der Waals surface area contributed by atoms with Crippen LogP contribution >= 0.6 is 27.9 Å². The molecule has 1 fully saturated rings. The van der Waals surface area contributed by atoms with Crippen molar-refractivity contribution in [2.75, 3.05) is 6.61 Å². The zero-order valence-corrected chi connectivity index (χ0v) is 15.3. The molecule has 4 N–H and O–H groups in total. The van der Waals surface area contributed by atoms with Gasteiger partial charge >= 0.3 is 21.3 Å². The van der Waals surface area contributed by atoms with E-state index in [1.807, 2.05) is 0 Å². The molecule has 1 saturated heterocycles. The Morgan fingerprint density at radius 1 is 1.52 bits per heavy atom. The Morgan fingerprint density at radius 2 is 2.16 bits per heavy atom. The van der Waals surface area contributed by atoms with E-state index in [1.165, 1.54) is 6.20 Å². The predicted octanol–water partition coefficient (Wildman–Crippen LogP) is 1.42. The van der Waals surface area contributed by atoms with Gasteiger partial charge in [0.25, 0.3) is 0 Å². The van der Waals surface area contributed by atoms with Crippen molar-refractivity contribution in [2.24, 2.45) is 0 Å². The normalized spacial score (nSPS) is 26.5. The van der Waals surface area contributed by atoms with Crippen molar-refractivity contribution in [3.63, 3.8) is 0 Å². The van der Waals surface area contributed by atoms with Gasteiger partial charge in [-0.1, -0.05) is 12.2 Å². The molecule has 1 aromatic heterocycles. The molecule has 11 nitrogen and oxygen atoms in total. The highest BCUT2D eigenvalue weighted by Gasteiger charge is 2.45. The molecule has 25 heavy (non-hydrogen) atoms. The summed E-state index contributed by atoms with van der Waals surface area (Å²) in [6.07, 6.45) is 0.104. The van der Waals surface area contributed by atoms with Gasteiger partial charge in [-0.05, 0) is 13.3 Å². The summed E-state index contributed by atoms with van der Waals surface area (Å²) in [5, 5.41) is 0. The highest BCUT2D eigenvalue weighted by atomic mass is 32.1. The van der Waals surface area contributed by atoms with Gasteiger partial charge in [-0.15, -0.1) is 0 Å². The number of alkyl halides is 1. The fourth-order valence-electron chi connectivity index (χ4n) is 2.14. The molecule has 1 unspecified atom stereocenters. The average Bonchev–Trinajstić information content (AvgIpc) is 2.81. The van der Waals surface area contributed by atoms with Crippen LogP contribution in [0.4, 0.5) is 4.39 Å². The maximum absolute atomic E-state index is 14.5. The number of halogens is 1. The van der Waals surface area contributed by atoms with Crippen molar-refractivity contribution in [1.29, 1.82) is 0 Å². The first-order chi connectivity index (χ1) is 11.3. The monoisotopic (exact) mass is 420 g/mol. The number of aromatic nitrogens is 2. The number of phosphoric ester groups is 1. The van der Waals surface area contributed by atoms with E-state index in [0.29, 0.717) is 5.56 Å². The Bertz CT molecular complexity index is 867. The molecular formula is C10H15FN2O9P2S. The summed E-state index contributed by atoms with van der Waals surface area (Å²) in [5.41, 5.74) is -0.0656. The second-order valence-corrected chi connectivity index (χ2v) is 8.53. The number of rotatable bonds is 6. The summed E-state index contributed by atoms with van der Waals surface area (Å²) in [4.78, 5) is 40.4. The van der Waals surface area contributed by atoms with E-state index in [9.17, 15) is 18.3 Å². The number of aromatic amines is 1. The lowest BCUT2D eigenvalue weighted by atomic mass is 10.2. The van der Waals surface area contributed by atoms with Crippen LogP contribution in [0.1, 0.15) is 24.6 Å². The molecule has 2 heterocycles. The molecule has 0 saturated carbocycles. The molecule has 0 spiro atoms. The maximum Gasteiger partial charge on any atom is 0.481 e. The maximum atomic E-state index is 14.5. The number of phosphoric acid groups is 2. The summed E-state index contributed by atoms with van der Waals surface area (Å²) in [5.74, 6) is -2.55. The first-order valence-electron chi connectivity index (χ1n) is 6.73. The van der Waals surface area contributed by atoms with E-state index in [-0.39, 0.29) is 17.5 Å². The second kappa shape index (κ2) is 7.10. The highest BCUT2D eigenvalue weighted by Crippen LogP contribution is 2.58. The summed E-state index contributed by atoms with van der Waals surface area (Å²) >= 11 is 4.91. The standard InChI is InChI=1S/C10H15FN2O9P2S/c1-6-4-13(9(14)12-8(6)25)7-2-3-10(11,21-7)5-20-24(18,19)22-23(15,16)17/h4,7H,2-3,5H2,1H3,(H,18,19)(H,12,14,25)(H2,15,16,17)/t7-,10+/m1/s1. The molecule has 1 aliphatic rings. The summed E-state index contributed by atoms with van der Waals surface area (Å²) in [6.45, 7) is 0.505. The highest BCUT2D eigenvalue weighted by molar-refractivity contribution is 7.71. The lowest BCUT2D eigenvalue weighted by Gasteiger charge is -2.22. The van der Waals surface area contributed by atoms with E-state index in [2.05, 4.69) is 13.8 Å². The second-order valence-electron chi connectivity index (χ2n) is 5.29. The van der Waals surface area contributed by atoms with Crippen LogP contribution in [0.5, 0.6) is 0 Å². The lowest BCUT2D eigenvalue weighted by molar-refractivity contribution is -0.175. The largest absolute Gasteiger partial charge is 0.481 e. The molecule has 0 aromatic carbocycles. The third kappa shape index (κ3) is 5.61. The Balaban J connectivity index is 2.07. The average molecular weight is 420 g/mol. The number of hydrogen-bond acceptors (Lipinski definition) is 7. The van der Waals surface area contributed by atoms with Crippen molar-refractivity contribution in [1.82, 2.24) is 9.55 Å². The molecule has 0 radical (unpaired) electrons. The van der Waals surface area contributed by atoms with Gasteiger partial charge in [0.1, 0.15) is 17.5 Å². The number of aryl methyl sites for hydroxylation is 1. The predicted molar refractivity (Wildman–Crippen MR) is 82.7 cm³/mol. The number of nitrogens with zero attached hydrogens (tertiary/aromatic N) is 1. The molecule has 2 rings (SSSR count). The van der Waals surface area contributed by atoms with Gasteiger partial charge in [0, 0.05) is 18.2 Å². The third-order valence-corrected chi connectivity index (χ3v) is 5.78. The van der Waals surface area contributed by atoms with Crippen molar-refractivity contribution in [3.8, 4) is 0 Å². The van der Waals surface area contributed by atoms with Crippen LogP contribution in [0.3, 0.4) is 0 Å². The molecule has 1 aromatic rings. The Morgan fingerprint density at radius 3 is 2.76 bits per heavy atom. The molecule has 1 aliphatic heterocycles. The van der Waals surface area contributed by atoms with E-state index in [0.717, 1.165) is 4.57 Å². The molecule has 15 heteroatoms. The van der Waals surface area contributed by atoms with Gasteiger partial charge in [-0.2, -0.15) is 4.31 Å². The van der Waals surface area contributed by atoms with Crippen LogP contribution in [0.15, 0.2) is 11.0 Å². The first-order valence-corrected chi connectivity index (χ1v) is 10.2. The van der Waals surface area contributed by atoms with Crippen LogP contribution in [0, 0.1) is 11.6 Å². The van der Waals surface area contributed by atoms with Gasteiger partial charge in [-0.3, -0.25) is 14.1 Å². The van der Waals surface area contributed by atoms with E-state index < -0.39 is 40.0 Å². The van der Waals surface area contributed by atoms with Gasteiger partial charge in [0.2, 0.25) is 5.85 Å². The summed E-state index contributed by atoms with van der Waals surface area (Å²) < 4.78 is 50.6. The number of hydrogen-bond donors (Lipinski definition) is 4. The minimum absolute atomic E-state index is 0.0406. The molecule has 0 amide bonds. The summed E-state index contributed by atoms with van der Waals surface area (Å²) in [6, 6.07) is 0. The lowest BCUT2D eigenvalue weighted by Crippen LogP contribution is -2.32. The Kier molecular flexibility index (Phi) is 5.84. The van der Waals surface area contributed by atoms with Gasteiger partial charge < -0.3 is 19.4 Å². The van der Waals surface area contributed by atoms with Crippen LogP contribution in [-0.4, -0.2) is 36.7 Å². The zero-order valence-electron chi connectivity index (χ0n) is 12.7. The zero-order chi connectivity index (χ0) is 19.0. The summed E-state index contributed by atoms with van der Waals surface area (Å²) in [7, 11) is -10.5. The first kappa shape index (κ1) is 20.6. The van der Waals surface area contributed by atoms with Gasteiger partial charge in [0.15, 0.2) is 0 Å². The minimum atomic E-state index is -5.31. The van der Waals surface area contributed by atoms with E-state index >= 15 is 0 Å². The minimum Gasteiger partial charge on any atom is -0.320 e. The number of ether oxygens (including phenoxy) is 1. The Labute approximate surface area is 145 Å². The number of nitrogens with one attached hydrogen (secondary N) is 1. The quantitative estimate of drug-likeness (QED) is 0.391.